The summed E-state index contributed by atoms with van der Waals surface area (Å²) in [6, 6.07) is 4.20. The lowest BCUT2D eigenvalue weighted by Gasteiger charge is -2.10. The van der Waals surface area contributed by atoms with Gasteiger partial charge in [0.05, 0.1) is 11.3 Å². The Bertz CT molecular complexity index is 528. The summed E-state index contributed by atoms with van der Waals surface area (Å²) >= 11 is 0. The number of aromatic carboxylic acids is 1. The SMILES string of the molecule is CC(=O)NCCNC(=O)Nc1ccc(C)cc1C(=O)O. The Hall–Kier alpha value is -2.57. The maximum absolute atomic E-state index is 11.6. The number of carbonyl (C=O) groups is 3. The van der Waals surface area contributed by atoms with Gasteiger partial charge in [-0.05, 0) is 19.1 Å². The average Bonchev–Trinajstić information content (AvgIpc) is 2.36. The van der Waals surface area contributed by atoms with E-state index >= 15 is 0 Å². The van der Waals surface area contributed by atoms with Crippen molar-refractivity contribution >= 4 is 23.6 Å². The van der Waals surface area contributed by atoms with Crippen molar-refractivity contribution in [1.29, 1.82) is 0 Å². The average molecular weight is 279 g/mol. The number of carbonyl (C=O) groups excluding carboxylic acids is 2. The third-order valence-electron chi connectivity index (χ3n) is 2.44. The first kappa shape index (κ1) is 15.5. The molecule has 0 saturated carbocycles. The van der Waals surface area contributed by atoms with Gasteiger partial charge in [0.15, 0.2) is 0 Å². The highest BCUT2D eigenvalue weighted by Crippen LogP contribution is 2.17. The highest BCUT2D eigenvalue weighted by molar-refractivity contribution is 6.00. The van der Waals surface area contributed by atoms with Crippen molar-refractivity contribution in [2.75, 3.05) is 18.4 Å². The summed E-state index contributed by atoms with van der Waals surface area (Å²) in [5.74, 6) is -1.29. The van der Waals surface area contributed by atoms with Gasteiger partial charge in [0.25, 0.3) is 0 Å². The fourth-order valence-corrected chi connectivity index (χ4v) is 1.53. The van der Waals surface area contributed by atoms with E-state index in [0.29, 0.717) is 6.54 Å². The van der Waals surface area contributed by atoms with Gasteiger partial charge >= 0.3 is 12.0 Å². The van der Waals surface area contributed by atoms with Crippen LogP contribution in [0.25, 0.3) is 0 Å². The standard InChI is InChI=1S/C13H17N3O4/c1-8-3-4-11(10(7-8)12(18)19)16-13(20)15-6-5-14-9(2)17/h3-4,7H,5-6H2,1-2H3,(H,14,17)(H,18,19)(H2,15,16,20). The van der Waals surface area contributed by atoms with Crippen LogP contribution in [-0.4, -0.2) is 36.1 Å². The summed E-state index contributed by atoms with van der Waals surface area (Å²) in [6.07, 6.45) is 0. The Morgan fingerprint density at radius 3 is 2.40 bits per heavy atom. The minimum atomic E-state index is -1.11. The molecule has 1 aromatic rings. The van der Waals surface area contributed by atoms with Crippen LogP contribution in [0.5, 0.6) is 0 Å². The predicted octanol–water partition coefficient (Wildman–Crippen LogP) is 0.951. The van der Waals surface area contributed by atoms with Crippen LogP contribution in [0.4, 0.5) is 10.5 Å². The molecule has 0 bridgehead atoms. The monoisotopic (exact) mass is 279 g/mol. The van der Waals surface area contributed by atoms with Gasteiger partial charge < -0.3 is 21.1 Å². The topological polar surface area (TPSA) is 108 Å². The normalized spacial score (nSPS) is 9.70. The van der Waals surface area contributed by atoms with Crippen LogP contribution in [-0.2, 0) is 4.79 Å². The van der Waals surface area contributed by atoms with E-state index in [1.54, 1.807) is 13.0 Å². The number of nitrogens with one attached hydrogen (secondary N) is 3. The highest BCUT2D eigenvalue weighted by atomic mass is 16.4. The summed E-state index contributed by atoms with van der Waals surface area (Å²) in [7, 11) is 0. The third kappa shape index (κ3) is 4.97. The number of hydrogen-bond donors (Lipinski definition) is 4. The molecule has 0 atom stereocenters. The van der Waals surface area contributed by atoms with Crippen molar-refractivity contribution in [2.24, 2.45) is 0 Å². The summed E-state index contributed by atoms with van der Waals surface area (Å²) < 4.78 is 0. The minimum Gasteiger partial charge on any atom is -0.478 e. The first-order valence-corrected chi connectivity index (χ1v) is 6.03. The molecule has 0 aliphatic rings. The van der Waals surface area contributed by atoms with E-state index in [0.717, 1.165) is 5.56 Å². The third-order valence-corrected chi connectivity index (χ3v) is 2.44. The van der Waals surface area contributed by atoms with Crippen LogP contribution < -0.4 is 16.0 Å². The van der Waals surface area contributed by atoms with Crippen LogP contribution >= 0.6 is 0 Å². The maximum Gasteiger partial charge on any atom is 0.337 e. The molecule has 108 valence electrons. The second-order valence-electron chi connectivity index (χ2n) is 4.22. The molecule has 0 radical (unpaired) electrons. The molecule has 0 heterocycles. The largest absolute Gasteiger partial charge is 0.478 e. The van der Waals surface area contributed by atoms with Crippen molar-refractivity contribution < 1.29 is 19.5 Å². The molecule has 7 nitrogen and oxygen atoms in total. The molecule has 20 heavy (non-hydrogen) atoms. The number of amides is 3. The summed E-state index contributed by atoms with van der Waals surface area (Å²) in [4.78, 5) is 33.3. The van der Waals surface area contributed by atoms with Crippen LogP contribution in [0.2, 0.25) is 0 Å². The Labute approximate surface area is 116 Å². The van der Waals surface area contributed by atoms with Gasteiger partial charge in [-0.15, -0.1) is 0 Å². The molecule has 0 aromatic heterocycles. The van der Waals surface area contributed by atoms with E-state index in [1.165, 1.54) is 19.1 Å². The molecule has 7 heteroatoms. The van der Waals surface area contributed by atoms with Crippen LogP contribution in [0.1, 0.15) is 22.8 Å². The summed E-state index contributed by atoms with van der Waals surface area (Å²) in [5, 5.41) is 16.6. The lowest BCUT2D eigenvalue weighted by Crippen LogP contribution is -2.36. The van der Waals surface area contributed by atoms with Gasteiger partial charge in [-0.25, -0.2) is 9.59 Å². The number of carboxylic acids is 1. The van der Waals surface area contributed by atoms with E-state index < -0.39 is 12.0 Å². The van der Waals surface area contributed by atoms with Crippen LogP contribution in [0.15, 0.2) is 18.2 Å². The van der Waals surface area contributed by atoms with E-state index in [9.17, 15) is 14.4 Å². The van der Waals surface area contributed by atoms with Crippen molar-refractivity contribution in [1.82, 2.24) is 10.6 Å². The van der Waals surface area contributed by atoms with Crippen LogP contribution in [0, 0.1) is 6.92 Å². The summed E-state index contributed by atoms with van der Waals surface area (Å²) in [5.41, 5.74) is 1.04. The number of hydrogen-bond acceptors (Lipinski definition) is 3. The number of aryl methyl sites for hydroxylation is 1. The van der Waals surface area contributed by atoms with Crippen molar-refractivity contribution in [3.05, 3.63) is 29.3 Å². The molecule has 0 fully saturated rings. The number of anilines is 1. The first-order chi connectivity index (χ1) is 9.40. The zero-order chi connectivity index (χ0) is 15.1. The maximum atomic E-state index is 11.6. The Balaban J connectivity index is 2.57. The molecule has 0 unspecified atom stereocenters. The van der Waals surface area contributed by atoms with E-state index in [1.807, 2.05) is 0 Å². The van der Waals surface area contributed by atoms with Crippen LogP contribution in [0.3, 0.4) is 0 Å². The van der Waals surface area contributed by atoms with Gasteiger partial charge in [0.2, 0.25) is 5.91 Å². The molecule has 0 aliphatic heterocycles. The first-order valence-electron chi connectivity index (χ1n) is 6.03. The highest BCUT2D eigenvalue weighted by Gasteiger charge is 2.12. The van der Waals surface area contributed by atoms with Gasteiger partial charge in [0.1, 0.15) is 0 Å². The lowest BCUT2D eigenvalue weighted by molar-refractivity contribution is -0.118. The Kier molecular flexibility index (Phi) is 5.52. The molecular formula is C13H17N3O4. The molecule has 0 saturated heterocycles. The second kappa shape index (κ2) is 7.13. The predicted molar refractivity (Wildman–Crippen MR) is 73.8 cm³/mol. The van der Waals surface area contributed by atoms with Crippen molar-refractivity contribution in [3.8, 4) is 0 Å². The molecule has 3 amide bonds. The molecule has 0 spiro atoms. The molecule has 1 rings (SSSR count). The summed E-state index contributed by atoms with van der Waals surface area (Å²) in [6.45, 7) is 3.71. The van der Waals surface area contributed by atoms with Gasteiger partial charge in [-0.1, -0.05) is 11.6 Å². The lowest BCUT2D eigenvalue weighted by atomic mass is 10.1. The number of urea groups is 1. The molecule has 4 N–H and O–H groups in total. The van der Waals surface area contributed by atoms with Gasteiger partial charge in [0, 0.05) is 20.0 Å². The zero-order valence-corrected chi connectivity index (χ0v) is 11.3. The Morgan fingerprint density at radius 2 is 1.80 bits per heavy atom. The van der Waals surface area contributed by atoms with Crippen molar-refractivity contribution in [3.63, 3.8) is 0 Å². The van der Waals surface area contributed by atoms with Gasteiger partial charge in [-0.3, -0.25) is 4.79 Å². The minimum absolute atomic E-state index is 0.0296. The van der Waals surface area contributed by atoms with Crippen molar-refractivity contribution in [2.45, 2.75) is 13.8 Å². The number of rotatable bonds is 5. The zero-order valence-electron chi connectivity index (χ0n) is 11.3. The van der Waals surface area contributed by atoms with Gasteiger partial charge in [-0.2, -0.15) is 0 Å². The number of benzene rings is 1. The second-order valence-corrected chi connectivity index (χ2v) is 4.22. The molecular weight excluding hydrogens is 262 g/mol. The van der Waals surface area contributed by atoms with E-state index in [4.69, 9.17) is 5.11 Å². The van der Waals surface area contributed by atoms with E-state index in [-0.39, 0.29) is 23.7 Å². The molecule has 1 aromatic carbocycles. The number of carboxylic acid groups (broad SMARTS) is 1. The molecule has 0 aliphatic carbocycles. The fraction of sp³-hybridized carbons (Fsp3) is 0.308. The fourth-order valence-electron chi connectivity index (χ4n) is 1.53. The smallest absolute Gasteiger partial charge is 0.337 e. The Morgan fingerprint density at radius 1 is 1.15 bits per heavy atom. The van der Waals surface area contributed by atoms with E-state index in [2.05, 4.69) is 16.0 Å². The quantitative estimate of drug-likeness (QED) is 0.602.